The third kappa shape index (κ3) is 4.35. The fraction of sp³-hybridized carbons (Fsp3) is 0.350. The fourth-order valence-electron chi connectivity index (χ4n) is 3.33. The quantitative estimate of drug-likeness (QED) is 0.721. The molecular weight excluding hydrogens is 357 g/mol. The van der Waals surface area contributed by atoms with Gasteiger partial charge in [-0.05, 0) is 37.1 Å². The Bertz CT molecular complexity index is 778. The monoisotopic (exact) mass is 378 g/mol. The Morgan fingerprint density at radius 1 is 0.852 bits per heavy atom. The first kappa shape index (κ1) is 19.1. The molecule has 2 amide bonds. The minimum absolute atomic E-state index is 0.0431. The summed E-state index contributed by atoms with van der Waals surface area (Å²) < 4.78 is 40.7. The number of halogens is 3. The van der Waals surface area contributed by atoms with Crippen molar-refractivity contribution in [2.24, 2.45) is 0 Å². The highest BCUT2D eigenvalue weighted by molar-refractivity contribution is 5.77. The summed E-state index contributed by atoms with van der Waals surface area (Å²) in [6.45, 7) is 5.03. The van der Waals surface area contributed by atoms with E-state index in [4.69, 9.17) is 0 Å². The molecule has 2 atom stereocenters. The van der Waals surface area contributed by atoms with Gasteiger partial charge in [-0.3, -0.25) is 0 Å². The van der Waals surface area contributed by atoms with Gasteiger partial charge >= 0.3 is 12.4 Å². The predicted octanol–water partition coefficient (Wildman–Crippen LogP) is 5.15. The molecule has 0 radical (unpaired) electrons. The molecule has 0 N–H and O–H groups in total. The molecule has 0 spiro atoms. The van der Waals surface area contributed by atoms with Gasteiger partial charge in [0.1, 0.15) is 5.75 Å². The van der Waals surface area contributed by atoms with E-state index in [1.165, 1.54) is 12.1 Å². The lowest BCUT2D eigenvalue weighted by Crippen LogP contribution is -2.35. The second-order valence-electron chi connectivity index (χ2n) is 6.55. The number of carbonyl (C=O) groups is 1. The molecule has 0 unspecified atom stereocenters. The normalized spacial score (nSPS) is 17.1. The van der Waals surface area contributed by atoms with E-state index in [1.807, 2.05) is 49.1 Å². The molecule has 0 saturated carbocycles. The number of amides is 2. The molecule has 1 heterocycles. The number of alkyl halides is 3. The van der Waals surface area contributed by atoms with Gasteiger partial charge in [-0.2, -0.15) is 0 Å². The van der Waals surface area contributed by atoms with Crippen molar-refractivity contribution < 1.29 is 22.7 Å². The van der Waals surface area contributed by atoms with Gasteiger partial charge in [-0.1, -0.05) is 42.5 Å². The summed E-state index contributed by atoms with van der Waals surface area (Å²) in [4.78, 5) is 16.4. The average Bonchev–Trinajstić information content (AvgIpc) is 3.02. The van der Waals surface area contributed by atoms with Crippen LogP contribution in [-0.4, -0.2) is 35.3 Å². The maximum atomic E-state index is 12.9. The SMILES string of the molecule is C[C@@H](c1ccccc1)N1CCN([C@@H](C)c2ccc(OC(F)(F)F)cc2)C1=O. The van der Waals surface area contributed by atoms with Crippen molar-refractivity contribution in [3.05, 3.63) is 65.7 Å². The van der Waals surface area contributed by atoms with E-state index in [0.29, 0.717) is 13.1 Å². The van der Waals surface area contributed by atoms with Crippen LogP contribution in [0.4, 0.5) is 18.0 Å². The smallest absolute Gasteiger partial charge is 0.406 e. The van der Waals surface area contributed by atoms with Gasteiger partial charge in [0, 0.05) is 13.1 Å². The van der Waals surface area contributed by atoms with Crippen LogP contribution in [0.15, 0.2) is 54.6 Å². The van der Waals surface area contributed by atoms with Crippen molar-refractivity contribution in [3.8, 4) is 5.75 Å². The van der Waals surface area contributed by atoms with Crippen LogP contribution in [0.5, 0.6) is 5.75 Å². The molecular formula is C20H21F3N2O2. The predicted molar refractivity (Wildman–Crippen MR) is 95.2 cm³/mol. The van der Waals surface area contributed by atoms with Crippen LogP contribution < -0.4 is 4.74 Å². The topological polar surface area (TPSA) is 32.8 Å². The van der Waals surface area contributed by atoms with E-state index >= 15 is 0 Å². The fourth-order valence-corrected chi connectivity index (χ4v) is 3.33. The van der Waals surface area contributed by atoms with Crippen molar-refractivity contribution in [2.45, 2.75) is 32.3 Å². The van der Waals surface area contributed by atoms with Crippen molar-refractivity contribution in [1.82, 2.24) is 9.80 Å². The van der Waals surface area contributed by atoms with Crippen LogP contribution >= 0.6 is 0 Å². The second-order valence-corrected chi connectivity index (χ2v) is 6.55. The summed E-state index contributed by atoms with van der Waals surface area (Å²) in [5.74, 6) is -0.273. The minimum atomic E-state index is -4.72. The molecule has 2 aromatic rings. The second kappa shape index (κ2) is 7.50. The standard InChI is InChI=1S/C20H21F3N2O2/c1-14(16-6-4-3-5-7-16)24-12-13-25(19(24)26)15(2)17-8-10-18(11-9-17)27-20(21,22)23/h3-11,14-15H,12-13H2,1-2H3/t14-,15-/m0/s1. The van der Waals surface area contributed by atoms with Crippen LogP contribution in [0.1, 0.15) is 37.1 Å². The van der Waals surface area contributed by atoms with Crippen molar-refractivity contribution in [3.63, 3.8) is 0 Å². The van der Waals surface area contributed by atoms with E-state index < -0.39 is 6.36 Å². The van der Waals surface area contributed by atoms with Crippen LogP contribution in [0.25, 0.3) is 0 Å². The van der Waals surface area contributed by atoms with E-state index in [9.17, 15) is 18.0 Å². The minimum Gasteiger partial charge on any atom is -0.406 e. The van der Waals surface area contributed by atoms with Gasteiger partial charge in [0.25, 0.3) is 0 Å². The Balaban J connectivity index is 1.69. The summed E-state index contributed by atoms with van der Waals surface area (Å²) >= 11 is 0. The molecule has 7 heteroatoms. The molecule has 0 bridgehead atoms. The van der Waals surface area contributed by atoms with Crippen molar-refractivity contribution in [1.29, 1.82) is 0 Å². The number of hydrogen-bond acceptors (Lipinski definition) is 2. The number of ether oxygens (including phenoxy) is 1. The Hall–Kier alpha value is -2.70. The van der Waals surface area contributed by atoms with Gasteiger partial charge in [0.15, 0.2) is 0 Å². The van der Waals surface area contributed by atoms with E-state index in [2.05, 4.69) is 4.74 Å². The first-order chi connectivity index (χ1) is 12.8. The molecule has 1 saturated heterocycles. The van der Waals surface area contributed by atoms with Gasteiger partial charge < -0.3 is 14.5 Å². The summed E-state index contributed by atoms with van der Waals surface area (Å²) in [7, 11) is 0. The van der Waals surface area contributed by atoms with Crippen LogP contribution in [0.3, 0.4) is 0 Å². The van der Waals surface area contributed by atoms with Crippen LogP contribution in [0, 0.1) is 0 Å². The van der Waals surface area contributed by atoms with Crippen molar-refractivity contribution >= 4 is 6.03 Å². The van der Waals surface area contributed by atoms with Crippen molar-refractivity contribution in [2.75, 3.05) is 13.1 Å². The van der Waals surface area contributed by atoms with E-state index in [-0.39, 0.29) is 23.9 Å². The first-order valence-electron chi connectivity index (χ1n) is 8.74. The number of hydrogen-bond donors (Lipinski definition) is 0. The maximum absolute atomic E-state index is 12.9. The van der Waals surface area contributed by atoms with E-state index in [1.54, 1.807) is 17.0 Å². The number of benzene rings is 2. The average molecular weight is 378 g/mol. The zero-order valence-electron chi connectivity index (χ0n) is 15.1. The summed E-state index contributed by atoms with van der Waals surface area (Å²) in [6.07, 6.45) is -4.72. The zero-order valence-corrected chi connectivity index (χ0v) is 15.1. The lowest BCUT2D eigenvalue weighted by atomic mass is 10.1. The number of urea groups is 1. The zero-order chi connectivity index (χ0) is 19.6. The van der Waals surface area contributed by atoms with Crippen LogP contribution in [-0.2, 0) is 0 Å². The molecule has 2 aromatic carbocycles. The first-order valence-corrected chi connectivity index (χ1v) is 8.74. The maximum Gasteiger partial charge on any atom is 0.573 e. The molecule has 3 rings (SSSR count). The molecule has 144 valence electrons. The van der Waals surface area contributed by atoms with Gasteiger partial charge in [0.2, 0.25) is 0 Å². The third-order valence-corrected chi connectivity index (χ3v) is 4.89. The largest absolute Gasteiger partial charge is 0.573 e. The Labute approximate surface area is 156 Å². The summed E-state index contributed by atoms with van der Waals surface area (Å²) in [5.41, 5.74) is 1.82. The Morgan fingerprint density at radius 2 is 1.33 bits per heavy atom. The Kier molecular flexibility index (Phi) is 5.30. The lowest BCUT2D eigenvalue weighted by molar-refractivity contribution is -0.274. The Morgan fingerprint density at radius 3 is 1.81 bits per heavy atom. The molecule has 1 aliphatic heterocycles. The summed E-state index contributed by atoms with van der Waals surface area (Å²) in [6, 6.07) is 15.1. The van der Waals surface area contributed by atoms with Crippen LogP contribution in [0.2, 0.25) is 0 Å². The summed E-state index contributed by atoms with van der Waals surface area (Å²) in [5, 5.41) is 0. The molecule has 0 aliphatic carbocycles. The number of rotatable bonds is 5. The van der Waals surface area contributed by atoms with E-state index in [0.717, 1.165) is 11.1 Å². The number of nitrogens with zero attached hydrogens (tertiary/aromatic N) is 2. The molecule has 0 aromatic heterocycles. The lowest BCUT2D eigenvalue weighted by Gasteiger charge is -2.28. The highest BCUT2D eigenvalue weighted by atomic mass is 19.4. The highest BCUT2D eigenvalue weighted by Gasteiger charge is 2.35. The van der Waals surface area contributed by atoms with Gasteiger partial charge in [-0.25, -0.2) is 4.79 Å². The molecule has 27 heavy (non-hydrogen) atoms. The highest BCUT2D eigenvalue weighted by Crippen LogP contribution is 2.31. The molecule has 1 aliphatic rings. The number of carbonyl (C=O) groups excluding carboxylic acids is 1. The molecule has 1 fully saturated rings. The molecule has 4 nitrogen and oxygen atoms in total. The third-order valence-electron chi connectivity index (χ3n) is 4.89. The van der Waals surface area contributed by atoms with Gasteiger partial charge in [0.05, 0.1) is 12.1 Å². The van der Waals surface area contributed by atoms with Gasteiger partial charge in [-0.15, -0.1) is 13.2 Å².